The minimum Gasteiger partial charge on any atom is -0.433 e. The van der Waals surface area contributed by atoms with Crippen LogP contribution < -0.4 is 10.1 Å². The lowest BCUT2D eigenvalue weighted by Gasteiger charge is -2.09. The van der Waals surface area contributed by atoms with Crippen LogP contribution >= 0.6 is 27.5 Å². The third kappa shape index (κ3) is 4.41. The number of carbonyl (C=O) groups excluding carboxylic acids is 1. The normalized spacial score (nSPS) is 10.5. The van der Waals surface area contributed by atoms with Crippen LogP contribution in [-0.2, 0) is 0 Å². The van der Waals surface area contributed by atoms with Gasteiger partial charge in [-0.25, -0.2) is 0 Å². The van der Waals surface area contributed by atoms with Crippen molar-refractivity contribution >= 4 is 39.1 Å². The second-order valence-electron chi connectivity index (χ2n) is 3.99. The fourth-order valence-electron chi connectivity index (χ4n) is 1.60. The van der Waals surface area contributed by atoms with Crippen LogP contribution in [0.4, 0.5) is 14.5 Å². The fraction of sp³-hybridized carbons (Fsp3) is 0.0714. The Hall–Kier alpha value is -1.66. The second kappa shape index (κ2) is 6.87. The summed E-state index contributed by atoms with van der Waals surface area (Å²) in [6.07, 6.45) is 0. The summed E-state index contributed by atoms with van der Waals surface area (Å²) in [6, 6.07) is 10.9. The molecule has 0 aliphatic rings. The molecule has 0 bridgehead atoms. The number of halogens is 4. The lowest BCUT2D eigenvalue weighted by atomic mass is 10.2. The molecule has 0 aliphatic carbocycles. The third-order valence-electron chi connectivity index (χ3n) is 2.49. The van der Waals surface area contributed by atoms with Gasteiger partial charge in [0.15, 0.2) is 0 Å². The number of amides is 1. The first-order valence-corrected chi connectivity index (χ1v) is 6.94. The molecule has 0 fully saturated rings. The molecule has 0 unspecified atom stereocenters. The van der Waals surface area contributed by atoms with Crippen molar-refractivity contribution in [2.75, 3.05) is 5.32 Å². The molecule has 110 valence electrons. The van der Waals surface area contributed by atoms with Crippen LogP contribution in [0, 0.1) is 0 Å². The van der Waals surface area contributed by atoms with E-state index in [0.29, 0.717) is 11.3 Å². The van der Waals surface area contributed by atoms with Crippen molar-refractivity contribution in [1.82, 2.24) is 0 Å². The van der Waals surface area contributed by atoms with E-state index < -0.39 is 6.61 Å². The Morgan fingerprint density at radius 1 is 1.24 bits per heavy atom. The number of hydrogen-bond donors (Lipinski definition) is 1. The molecule has 2 rings (SSSR count). The number of hydrogen-bond acceptors (Lipinski definition) is 2. The van der Waals surface area contributed by atoms with E-state index in [1.54, 1.807) is 24.3 Å². The van der Waals surface area contributed by atoms with E-state index in [4.69, 9.17) is 11.6 Å². The number of carbonyl (C=O) groups is 1. The van der Waals surface area contributed by atoms with Crippen molar-refractivity contribution in [3.63, 3.8) is 0 Å². The number of anilines is 1. The Morgan fingerprint density at radius 3 is 2.62 bits per heavy atom. The Bertz CT molecular complexity index is 667. The smallest absolute Gasteiger partial charge is 0.387 e. The molecule has 0 aliphatic heterocycles. The van der Waals surface area contributed by atoms with Crippen molar-refractivity contribution < 1.29 is 18.3 Å². The minimum atomic E-state index is -2.95. The van der Waals surface area contributed by atoms with E-state index >= 15 is 0 Å². The van der Waals surface area contributed by atoms with Crippen molar-refractivity contribution in [3.8, 4) is 5.75 Å². The summed E-state index contributed by atoms with van der Waals surface area (Å²) in [4.78, 5) is 12.0. The van der Waals surface area contributed by atoms with E-state index in [2.05, 4.69) is 26.0 Å². The maximum atomic E-state index is 12.1. The van der Waals surface area contributed by atoms with Gasteiger partial charge in [0, 0.05) is 15.7 Å². The summed E-state index contributed by atoms with van der Waals surface area (Å²) in [5.74, 6) is -0.484. The molecule has 3 nitrogen and oxygen atoms in total. The quantitative estimate of drug-likeness (QED) is 0.819. The van der Waals surface area contributed by atoms with Crippen LogP contribution in [0.2, 0.25) is 5.02 Å². The van der Waals surface area contributed by atoms with E-state index in [-0.39, 0.29) is 16.7 Å². The first-order chi connectivity index (χ1) is 9.95. The molecule has 0 saturated carbocycles. The SMILES string of the molecule is O=C(Nc1ccc(OC(F)F)c(Cl)c1)c1cccc(Br)c1. The molecule has 2 aromatic carbocycles. The van der Waals surface area contributed by atoms with Crippen LogP contribution in [-0.4, -0.2) is 12.5 Å². The van der Waals surface area contributed by atoms with Gasteiger partial charge < -0.3 is 10.1 Å². The Labute approximate surface area is 133 Å². The van der Waals surface area contributed by atoms with E-state index in [0.717, 1.165) is 4.47 Å². The van der Waals surface area contributed by atoms with Gasteiger partial charge in [-0.3, -0.25) is 4.79 Å². The van der Waals surface area contributed by atoms with Crippen LogP contribution in [0.3, 0.4) is 0 Å². The maximum absolute atomic E-state index is 12.1. The molecule has 1 N–H and O–H groups in total. The summed E-state index contributed by atoms with van der Waals surface area (Å²) < 4.78 is 29.2. The van der Waals surface area contributed by atoms with Crippen molar-refractivity contribution in [3.05, 3.63) is 57.5 Å². The highest BCUT2D eigenvalue weighted by atomic mass is 79.9. The largest absolute Gasteiger partial charge is 0.433 e. The summed E-state index contributed by atoms with van der Waals surface area (Å²) in [5.41, 5.74) is 0.833. The predicted octanol–water partition coefficient (Wildman–Crippen LogP) is 4.96. The Morgan fingerprint density at radius 2 is 2.00 bits per heavy atom. The molecule has 2 aromatic rings. The number of nitrogens with one attached hydrogen (secondary N) is 1. The van der Waals surface area contributed by atoms with Gasteiger partial charge in [-0.2, -0.15) is 8.78 Å². The lowest BCUT2D eigenvalue weighted by molar-refractivity contribution is -0.0497. The first-order valence-electron chi connectivity index (χ1n) is 5.77. The maximum Gasteiger partial charge on any atom is 0.387 e. The van der Waals surface area contributed by atoms with E-state index in [1.165, 1.54) is 18.2 Å². The summed E-state index contributed by atoms with van der Waals surface area (Å²) >= 11 is 9.08. The Balaban J connectivity index is 2.13. The first kappa shape index (κ1) is 15.7. The topological polar surface area (TPSA) is 38.3 Å². The van der Waals surface area contributed by atoms with Gasteiger partial charge in [0.05, 0.1) is 5.02 Å². The fourth-order valence-corrected chi connectivity index (χ4v) is 2.23. The van der Waals surface area contributed by atoms with Gasteiger partial charge in [-0.1, -0.05) is 33.6 Å². The number of rotatable bonds is 4. The minimum absolute atomic E-state index is 0.0117. The molecule has 0 atom stereocenters. The molecule has 0 heterocycles. The van der Waals surface area contributed by atoms with Crippen molar-refractivity contribution in [2.45, 2.75) is 6.61 Å². The molecular weight excluding hydrogens is 368 g/mol. The van der Waals surface area contributed by atoms with E-state index in [9.17, 15) is 13.6 Å². The average molecular weight is 377 g/mol. The molecule has 0 radical (unpaired) electrons. The van der Waals surface area contributed by atoms with Gasteiger partial charge in [-0.05, 0) is 36.4 Å². The zero-order valence-corrected chi connectivity index (χ0v) is 12.8. The molecule has 1 amide bonds. The van der Waals surface area contributed by atoms with Crippen molar-refractivity contribution in [1.29, 1.82) is 0 Å². The van der Waals surface area contributed by atoms with Crippen LogP contribution in [0.1, 0.15) is 10.4 Å². The van der Waals surface area contributed by atoms with E-state index in [1.807, 2.05) is 0 Å². The highest BCUT2D eigenvalue weighted by molar-refractivity contribution is 9.10. The summed E-state index contributed by atoms with van der Waals surface area (Å²) in [5, 5.41) is 2.61. The lowest BCUT2D eigenvalue weighted by Crippen LogP contribution is -2.12. The van der Waals surface area contributed by atoms with Crippen LogP contribution in [0.15, 0.2) is 46.9 Å². The van der Waals surface area contributed by atoms with Gasteiger partial charge in [0.2, 0.25) is 0 Å². The predicted molar refractivity (Wildman–Crippen MR) is 80.2 cm³/mol. The third-order valence-corrected chi connectivity index (χ3v) is 3.28. The molecule has 0 aromatic heterocycles. The molecule has 21 heavy (non-hydrogen) atoms. The molecule has 0 saturated heterocycles. The highest BCUT2D eigenvalue weighted by Gasteiger charge is 2.11. The zero-order chi connectivity index (χ0) is 15.4. The summed E-state index contributed by atoms with van der Waals surface area (Å²) in [6.45, 7) is -2.95. The number of benzene rings is 2. The van der Waals surface area contributed by atoms with Crippen LogP contribution in [0.5, 0.6) is 5.75 Å². The molecule has 0 spiro atoms. The standard InChI is InChI=1S/C14H9BrClF2NO2/c15-9-3-1-2-8(6-9)13(20)19-10-4-5-12(11(16)7-10)21-14(17)18/h1-7,14H,(H,19,20). The second-order valence-corrected chi connectivity index (χ2v) is 5.31. The zero-order valence-electron chi connectivity index (χ0n) is 10.4. The van der Waals surface area contributed by atoms with Gasteiger partial charge >= 0.3 is 6.61 Å². The highest BCUT2D eigenvalue weighted by Crippen LogP contribution is 2.29. The van der Waals surface area contributed by atoms with Crippen LogP contribution in [0.25, 0.3) is 0 Å². The van der Waals surface area contributed by atoms with Gasteiger partial charge in [-0.15, -0.1) is 0 Å². The monoisotopic (exact) mass is 375 g/mol. The number of alkyl halides is 2. The van der Waals surface area contributed by atoms with Gasteiger partial charge in [0.25, 0.3) is 5.91 Å². The molecule has 7 heteroatoms. The Kier molecular flexibility index (Phi) is 5.14. The molecular formula is C14H9BrClF2NO2. The van der Waals surface area contributed by atoms with Gasteiger partial charge in [0.1, 0.15) is 5.75 Å². The summed E-state index contributed by atoms with van der Waals surface area (Å²) in [7, 11) is 0. The van der Waals surface area contributed by atoms with Crippen molar-refractivity contribution in [2.24, 2.45) is 0 Å². The average Bonchev–Trinajstić information content (AvgIpc) is 2.41. The number of ether oxygens (including phenoxy) is 1.